The number of amides is 2. The van der Waals surface area contributed by atoms with Crippen molar-refractivity contribution < 1.29 is 9.59 Å². The van der Waals surface area contributed by atoms with E-state index < -0.39 is 0 Å². The lowest BCUT2D eigenvalue weighted by molar-refractivity contribution is -0.123. The molecule has 0 radical (unpaired) electrons. The molecule has 3 unspecified atom stereocenters. The zero-order valence-electron chi connectivity index (χ0n) is 13.6. The summed E-state index contributed by atoms with van der Waals surface area (Å²) in [5, 5.41) is 9.10. The lowest BCUT2D eigenvalue weighted by atomic mass is 9.85. The summed E-state index contributed by atoms with van der Waals surface area (Å²) >= 11 is 0. The van der Waals surface area contributed by atoms with Crippen LogP contribution in [0.3, 0.4) is 0 Å². The van der Waals surface area contributed by atoms with E-state index >= 15 is 0 Å². The van der Waals surface area contributed by atoms with E-state index in [1.165, 1.54) is 25.7 Å². The Kier molecular flexibility index (Phi) is 4.96. The van der Waals surface area contributed by atoms with Crippen LogP contribution in [0.15, 0.2) is 24.3 Å². The van der Waals surface area contributed by atoms with E-state index in [-0.39, 0.29) is 17.9 Å². The van der Waals surface area contributed by atoms with Crippen molar-refractivity contribution in [3.63, 3.8) is 0 Å². The van der Waals surface area contributed by atoms with Crippen LogP contribution < -0.4 is 16.0 Å². The zero-order valence-corrected chi connectivity index (χ0v) is 13.6. The van der Waals surface area contributed by atoms with Crippen LogP contribution >= 0.6 is 0 Å². The molecule has 2 amide bonds. The molecule has 5 heteroatoms. The molecule has 1 saturated heterocycles. The molecule has 2 fully saturated rings. The minimum absolute atomic E-state index is 0.0479. The first-order chi connectivity index (χ1) is 11.2. The molecular weight excluding hydrogens is 290 g/mol. The average Bonchev–Trinajstić information content (AvgIpc) is 3.03. The molecule has 0 aromatic heterocycles. The van der Waals surface area contributed by atoms with Crippen LogP contribution in [-0.4, -0.2) is 30.9 Å². The summed E-state index contributed by atoms with van der Waals surface area (Å²) in [5.74, 6) is 0.666. The topological polar surface area (TPSA) is 70.2 Å². The van der Waals surface area contributed by atoms with Crippen molar-refractivity contribution in [1.82, 2.24) is 16.0 Å². The van der Waals surface area contributed by atoms with Crippen LogP contribution in [0.5, 0.6) is 0 Å². The van der Waals surface area contributed by atoms with Gasteiger partial charge in [0.1, 0.15) is 0 Å². The largest absolute Gasteiger partial charge is 0.355 e. The van der Waals surface area contributed by atoms with Gasteiger partial charge in [0.05, 0.1) is 6.04 Å². The Morgan fingerprint density at radius 2 is 1.91 bits per heavy atom. The monoisotopic (exact) mass is 315 g/mol. The molecule has 1 heterocycles. The second-order valence-electron chi connectivity index (χ2n) is 6.60. The van der Waals surface area contributed by atoms with Crippen LogP contribution in [0, 0.1) is 5.92 Å². The first kappa shape index (κ1) is 16.0. The molecule has 1 aliphatic heterocycles. The lowest BCUT2D eigenvalue weighted by Crippen LogP contribution is -2.42. The molecule has 124 valence electrons. The third kappa shape index (κ3) is 3.72. The Hall–Kier alpha value is -1.88. The fourth-order valence-electron chi connectivity index (χ4n) is 3.75. The summed E-state index contributed by atoms with van der Waals surface area (Å²) in [4.78, 5) is 23.8. The van der Waals surface area contributed by atoms with Crippen molar-refractivity contribution >= 4 is 11.8 Å². The van der Waals surface area contributed by atoms with Gasteiger partial charge in [-0.25, -0.2) is 0 Å². The first-order valence-electron chi connectivity index (χ1n) is 8.52. The minimum Gasteiger partial charge on any atom is -0.355 e. The van der Waals surface area contributed by atoms with E-state index in [4.69, 9.17) is 0 Å². The molecule has 0 bridgehead atoms. The number of nitrogens with one attached hydrogen (secondary N) is 3. The first-order valence-corrected chi connectivity index (χ1v) is 8.52. The van der Waals surface area contributed by atoms with E-state index in [1.807, 2.05) is 12.1 Å². The number of carbonyl (C=O) groups excluding carboxylic acids is 2. The SMILES string of the molecule is CNC(=O)c1ccc(CNC(=O)C2CC3CCCCC3N2)cc1. The van der Waals surface area contributed by atoms with Crippen molar-refractivity contribution in [2.45, 2.75) is 50.7 Å². The van der Waals surface area contributed by atoms with Crippen molar-refractivity contribution in [2.24, 2.45) is 5.92 Å². The van der Waals surface area contributed by atoms with Gasteiger partial charge in [-0.2, -0.15) is 0 Å². The van der Waals surface area contributed by atoms with Crippen LogP contribution in [0.4, 0.5) is 0 Å². The van der Waals surface area contributed by atoms with Gasteiger partial charge in [-0.3, -0.25) is 9.59 Å². The van der Waals surface area contributed by atoms with Crippen LogP contribution in [0.1, 0.15) is 48.0 Å². The smallest absolute Gasteiger partial charge is 0.251 e. The van der Waals surface area contributed by atoms with Crippen molar-refractivity contribution in [1.29, 1.82) is 0 Å². The maximum Gasteiger partial charge on any atom is 0.251 e. The number of rotatable bonds is 4. The summed E-state index contributed by atoms with van der Waals surface area (Å²) < 4.78 is 0. The molecule has 1 aromatic rings. The van der Waals surface area contributed by atoms with E-state index in [0.717, 1.165) is 12.0 Å². The second-order valence-corrected chi connectivity index (χ2v) is 6.60. The Labute approximate surface area is 137 Å². The summed E-state index contributed by atoms with van der Waals surface area (Å²) in [6.45, 7) is 0.500. The third-order valence-corrected chi connectivity index (χ3v) is 5.09. The Morgan fingerprint density at radius 3 is 2.61 bits per heavy atom. The van der Waals surface area contributed by atoms with Gasteiger partial charge in [0.25, 0.3) is 5.91 Å². The second kappa shape index (κ2) is 7.13. The highest BCUT2D eigenvalue weighted by molar-refractivity contribution is 5.93. The standard InChI is InChI=1S/C18H25N3O2/c1-19-17(22)13-8-6-12(7-9-13)11-20-18(23)16-10-14-4-2-3-5-15(14)21-16/h6-9,14-16,21H,2-5,10-11H2,1H3,(H,19,22)(H,20,23). The van der Waals surface area contributed by atoms with Crippen LogP contribution in [0.2, 0.25) is 0 Å². The Morgan fingerprint density at radius 1 is 1.17 bits per heavy atom. The Balaban J connectivity index is 1.50. The number of carbonyl (C=O) groups is 2. The highest BCUT2D eigenvalue weighted by atomic mass is 16.2. The summed E-state index contributed by atoms with van der Waals surface area (Å²) in [6.07, 6.45) is 6.00. The number of hydrogen-bond acceptors (Lipinski definition) is 3. The highest BCUT2D eigenvalue weighted by Gasteiger charge is 2.37. The normalized spacial score (nSPS) is 26.4. The number of benzene rings is 1. The molecule has 5 nitrogen and oxygen atoms in total. The van der Waals surface area contributed by atoms with Crippen LogP contribution in [-0.2, 0) is 11.3 Å². The molecular formula is C18H25N3O2. The van der Waals surface area contributed by atoms with Gasteiger partial charge in [0, 0.05) is 25.2 Å². The average molecular weight is 315 g/mol. The quantitative estimate of drug-likeness (QED) is 0.790. The van der Waals surface area contributed by atoms with Crippen molar-refractivity contribution in [3.8, 4) is 0 Å². The fraction of sp³-hybridized carbons (Fsp3) is 0.556. The molecule has 3 rings (SSSR count). The van der Waals surface area contributed by atoms with Gasteiger partial charge in [0.2, 0.25) is 5.91 Å². The van der Waals surface area contributed by atoms with Crippen LogP contribution in [0.25, 0.3) is 0 Å². The van der Waals surface area contributed by atoms with Gasteiger partial charge >= 0.3 is 0 Å². The highest BCUT2D eigenvalue weighted by Crippen LogP contribution is 2.33. The zero-order chi connectivity index (χ0) is 16.2. The summed E-state index contributed by atoms with van der Waals surface area (Å²) in [5.41, 5.74) is 1.63. The Bertz CT molecular complexity index is 556. The molecule has 1 aliphatic carbocycles. The minimum atomic E-state index is -0.0988. The van der Waals surface area contributed by atoms with Gasteiger partial charge in [0.15, 0.2) is 0 Å². The van der Waals surface area contributed by atoms with Crippen molar-refractivity contribution in [2.75, 3.05) is 7.05 Å². The van der Waals surface area contributed by atoms with E-state index in [2.05, 4.69) is 16.0 Å². The molecule has 3 N–H and O–H groups in total. The number of fused-ring (bicyclic) bond motifs is 1. The molecule has 1 aromatic carbocycles. The van der Waals surface area contributed by atoms with E-state index in [9.17, 15) is 9.59 Å². The maximum atomic E-state index is 12.3. The molecule has 0 spiro atoms. The fourth-order valence-corrected chi connectivity index (χ4v) is 3.75. The molecule has 23 heavy (non-hydrogen) atoms. The van der Waals surface area contributed by atoms with Gasteiger partial charge < -0.3 is 16.0 Å². The molecule has 1 saturated carbocycles. The van der Waals surface area contributed by atoms with Crippen molar-refractivity contribution in [3.05, 3.63) is 35.4 Å². The summed E-state index contributed by atoms with van der Waals surface area (Å²) in [6, 6.07) is 7.81. The maximum absolute atomic E-state index is 12.3. The van der Waals surface area contributed by atoms with Gasteiger partial charge in [-0.05, 0) is 42.9 Å². The summed E-state index contributed by atoms with van der Waals surface area (Å²) in [7, 11) is 1.61. The lowest BCUT2D eigenvalue weighted by Gasteiger charge is -2.24. The number of hydrogen-bond donors (Lipinski definition) is 3. The van der Waals surface area contributed by atoms with Gasteiger partial charge in [-0.15, -0.1) is 0 Å². The predicted octanol–water partition coefficient (Wildman–Crippen LogP) is 1.58. The molecule has 2 aliphatic rings. The van der Waals surface area contributed by atoms with E-state index in [0.29, 0.717) is 24.1 Å². The van der Waals surface area contributed by atoms with Gasteiger partial charge in [-0.1, -0.05) is 25.0 Å². The third-order valence-electron chi connectivity index (χ3n) is 5.09. The predicted molar refractivity (Wildman–Crippen MR) is 89.0 cm³/mol. The van der Waals surface area contributed by atoms with E-state index in [1.54, 1.807) is 19.2 Å². The molecule has 3 atom stereocenters.